The average molecular weight is 245 g/mol. The number of rotatable bonds is 3. The third kappa shape index (κ3) is 2.91. The van der Waals surface area contributed by atoms with E-state index in [4.69, 9.17) is 0 Å². The Morgan fingerprint density at radius 2 is 2.06 bits per heavy atom. The zero-order chi connectivity index (χ0) is 13.0. The predicted molar refractivity (Wildman–Crippen MR) is 65.1 cm³/mol. The van der Waals surface area contributed by atoms with Crippen LogP contribution in [-0.4, -0.2) is 27.0 Å². The highest BCUT2D eigenvalue weighted by Crippen LogP contribution is 2.09. The summed E-state index contributed by atoms with van der Waals surface area (Å²) in [5.41, 5.74) is 0.392. The van der Waals surface area contributed by atoms with Crippen molar-refractivity contribution < 1.29 is 9.59 Å². The summed E-state index contributed by atoms with van der Waals surface area (Å²) in [7, 11) is 0. The molecule has 2 amide bonds. The van der Waals surface area contributed by atoms with E-state index < -0.39 is 0 Å². The van der Waals surface area contributed by atoms with Gasteiger partial charge in [0.05, 0.1) is 6.20 Å². The quantitative estimate of drug-likeness (QED) is 0.751. The Kier molecular flexibility index (Phi) is 3.33. The largest absolute Gasteiger partial charge is 0.311 e. The second-order valence-corrected chi connectivity index (χ2v) is 3.54. The summed E-state index contributed by atoms with van der Waals surface area (Å²) < 4.78 is 0. The highest BCUT2D eigenvalue weighted by atomic mass is 16.2. The maximum absolute atomic E-state index is 11.9. The van der Waals surface area contributed by atoms with E-state index >= 15 is 0 Å². The van der Waals surface area contributed by atoms with Gasteiger partial charge in [-0.3, -0.25) is 14.7 Å². The van der Waals surface area contributed by atoms with Gasteiger partial charge >= 0.3 is 0 Å². The summed E-state index contributed by atoms with van der Waals surface area (Å²) in [6.45, 7) is 1.37. The molecule has 0 saturated heterocycles. The molecule has 2 rings (SSSR count). The van der Waals surface area contributed by atoms with Crippen molar-refractivity contribution in [3.05, 3.63) is 36.2 Å². The van der Waals surface area contributed by atoms with Crippen LogP contribution in [0.15, 0.2) is 30.6 Å². The number of nitrogens with one attached hydrogen (secondary N) is 3. The second kappa shape index (κ2) is 5.09. The first-order valence-electron chi connectivity index (χ1n) is 5.19. The van der Waals surface area contributed by atoms with Gasteiger partial charge in [-0.2, -0.15) is 5.10 Å². The van der Waals surface area contributed by atoms with E-state index in [1.807, 2.05) is 0 Å². The maximum Gasteiger partial charge on any atom is 0.256 e. The molecule has 0 aliphatic carbocycles. The summed E-state index contributed by atoms with van der Waals surface area (Å²) in [6, 6.07) is 4.68. The molecule has 0 unspecified atom stereocenters. The minimum atomic E-state index is -0.312. The molecule has 7 nitrogen and oxygen atoms in total. The SMILES string of the molecule is CC(=O)Nc1cc(C(=O)Nc2ccn[nH]2)ccn1. The smallest absolute Gasteiger partial charge is 0.256 e. The summed E-state index contributed by atoms with van der Waals surface area (Å²) in [4.78, 5) is 26.7. The molecule has 0 aromatic carbocycles. The summed E-state index contributed by atoms with van der Waals surface area (Å²) in [6.07, 6.45) is 2.98. The number of hydrogen-bond donors (Lipinski definition) is 3. The van der Waals surface area contributed by atoms with E-state index in [0.29, 0.717) is 17.2 Å². The van der Waals surface area contributed by atoms with E-state index in [2.05, 4.69) is 25.8 Å². The van der Waals surface area contributed by atoms with Gasteiger partial charge in [0, 0.05) is 24.8 Å². The Labute approximate surface area is 103 Å². The molecule has 2 aromatic heterocycles. The van der Waals surface area contributed by atoms with Gasteiger partial charge in [-0.25, -0.2) is 4.98 Å². The van der Waals surface area contributed by atoms with Gasteiger partial charge in [-0.05, 0) is 12.1 Å². The number of anilines is 2. The number of carbonyl (C=O) groups is 2. The van der Waals surface area contributed by atoms with Gasteiger partial charge in [0.2, 0.25) is 5.91 Å². The van der Waals surface area contributed by atoms with Crippen LogP contribution in [0.2, 0.25) is 0 Å². The second-order valence-electron chi connectivity index (χ2n) is 3.54. The van der Waals surface area contributed by atoms with Crippen molar-refractivity contribution in [3.8, 4) is 0 Å². The molecule has 0 bridgehead atoms. The summed E-state index contributed by atoms with van der Waals surface area (Å²) >= 11 is 0. The number of pyridine rings is 1. The van der Waals surface area contributed by atoms with Crippen LogP contribution >= 0.6 is 0 Å². The number of H-pyrrole nitrogens is 1. The van der Waals surface area contributed by atoms with Gasteiger partial charge in [-0.15, -0.1) is 0 Å². The predicted octanol–water partition coefficient (Wildman–Crippen LogP) is 1.02. The van der Waals surface area contributed by atoms with Crippen molar-refractivity contribution in [1.29, 1.82) is 0 Å². The van der Waals surface area contributed by atoms with Gasteiger partial charge in [0.15, 0.2) is 0 Å². The molecule has 0 spiro atoms. The Bertz CT molecular complexity index is 565. The van der Waals surface area contributed by atoms with Crippen LogP contribution in [-0.2, 0) is 4.79 Å². The van der Waals surface area contributed by atoms with Crippen LogP contribution < -0.4 is 10.6 Å². The van der Waals surface area contributed by atoms with Gasteiger partial charge in [0.1, 0.15) is 11.6 Å². The lowest BCUT2D eigenvalue weighted by Gasteiger charge is -2.05. The van der Waals surface area contributed by atoms with Crippen molar-refractivity contribution >= 4 is 23.5 Å². The normalized spacial score (nSPS) is 9.83. The molecule has 2 heterocycles. The third-order valence-electron chi connectivity index (χ3n) is 2.08. The number of nitrogens with zero attached hydrogens (tertiary/aromatic N) is 2. The Hall–Kier alpha value is -2.70. The molecule has 18 heavy (non-hydrogen) atoms. The van der Waals surface area contributed by atoms with Crippen molar-refractivity contribution in [3.63, 3.8) is 0 Å². The minimum absolute atomic E-state index is 0.242. The van der Waals surface area contributed by atoms with E-state index in [0.717, 1.165) is 0 Å². The average Bonchev–Trinajstić information content (AvgIpc) is 2.81. The topological polar surface area (TPSA) is 99.8 Å². The zero-order valence-corrected chi connectivity index (χ0v) is 9.60. The zero-order valence-electron chi connectivity index (χ0n) is 9.60. The molecular weight excluding hydrogens is 234 g/mol. The lowest BCUT2D eigenvalue weighted by atomic mass is 10.2. The molecule has 0 fully saturated rings. The minimum Gasteiger partial charge on any atom is -0.311 e. The third-order valence-corrected chi connectivity index (χ3v) is 2.08. The Morgan fingerprint density at radius 1 is 1.22 bits per heavy atom. The van der Waals surface area contributed by atoms with Crippen molar-refractivity contribution in [2.45, 2.75) is 6.92 Å². The van der Waals surface area contributed by atoms with E-state index in [1.165, 1.54) is 25.4 Å². The molecule has 0 aliphatic rings. The van der Waals surface area contributed by atoms with Gasteiger partial charge in [-0.1, -0.05) is 0 Å². The number of amides is 2. The van der Waals surface area contributed by atoms with Crippen LogP contribution in [0.3, 0.4) is 0 Å². The van der Waals surface area contributed by atoms with Crippen molar-refractivity contribution in [2.75, 3.05) is 10.6 Å². The highest BCUT2D eigenvalue weighted by molar-refractivity contribution is 6.04. The van der Waals surface area contributed by atoms with Gasteiger partial charge < -0.3 is 10.6 Å². The van der Waals surface area contributed by atoms with Crippen LogP contribution in [0.25, 0.3) is 0 Å². The van der Waals surface area contributed by atoms with E-state index in [9.17, 15) is 9.59 Å². The summed E-state index contributed by atoms with van der Waals surface area (Å²) in [5, 5.41) is 11.5. The first-order valence-corrected chi connectivity index (χ1v) is 5.19. The number of hydrogen-bond acceptors (Lipinski definition) is 4. The molecule has 2 aromatic rings. The molecule has 3 N–H and O–H groups in total. The molecule has 0 atom stereocenters. The van der Waals surface area contributed by atoms with Crippen LogP contribution in [0.5, 0.6) is 0 Å². The number of carbonyl (C=O) groups excluding carboxylic acids is 2. The highest BCUT2D eigenvalue weighted by Gasteiger charge is 2.08. The standard InChI is InChI=1S/C11H11N5O2/c1-7(17)14-10-6-8(2-4-12-10)11(18)15-9-3-5-13-16-9/h2-6H,1H3,(H,12,14,17)(H2,13,15,16,18). The van der Waals surface area contributed by atoms with Gasteiger partial charge in [0.25, 0.3) is 5.91 Å². The molecular formula is C11H11N5O2. The molecule has 0 aliphatic heterocycles. The van der Waals surface area contributed by atoms with Crippen LogP contribution in [0.4, 0.5) is 11.6 Å². The Balaban J connectivity index is 2.12. The lowest BCUT2D eigenvalue weighted by molar-refractivity contribution is -0.114. The lowest BCUT2D eigenvalue weighted by Crippen LogP contribution is -2.14. The number of aromatic amines is 1. The van der Waals surface area contributed by atoms with Crippen molar-refractivity contribution in [2.24, 2.45) is 0 Å². The molecule has 92 valence electrons. The van der Waals surface area contributed by atoms with E-state index in [1.54, 1.807) is 12.1 Å². The monoisotopic (exact) mass is 245 g/mol. The molecule has 0 saturated carbocycles. The molecule has 0 radical (unpaired) electrons. The van der Waals surface area contributed by atoms with Crippen LogP contribution in [0.1, 0.15) is 17.3 Å². The summed E-state index contributed by atoms with van der Waals surface area (Å²) in [5.74, 6) is 0.277. The fourth-order valence-electron chi connectivity index (χ4n) is 1.34. The first kappa shape index (κ1) is 11.8. The van der Waals surface area contributed by atoms with E-state index in [-0.39, 0.29) is 11.8 Å². The van der Waals surface area contributed by atoms with Crippen molar-refractivity contribution in [1.82, 2.24) is 15.2 Å². The van der Waals surface area contributed by atoms with Crippen LogP contribution in [0, 0.1) is 0 Å². The first-order chi connectivity index (χ1) is 8.65. The fraction of sp³-hybridized carbons (Fsp3) is 0.0909. The molecule has 7 heteroatoms. The Morgan fingerprint density at radius 3 is 2.72 bits per heavy atom. The fourth-order valence-corrected chi connectivity index (χ4v) is 1.34. The maximum atomic E-state index is 11.9. The number of aromatic nitrogens is 3.